The molecule has 0 aliphatic rings. The highest BCUT2D eigenvalue weighted by Gasteiger charge is 2.26. The number of para-hydroxylation sites is 1. The van der Waals surface area contributed by atoms with Crippen LogP contribution in [0.3, 0.4) is 0 Å². The van der Waals surface area contributed by atoms with E-state index in [0.29, 0.717) is 12.5 Å². The number of nitrogens with one attached hydrogen (secondary N) is 2. The third kappa shape index (κ3) is 4.16. The van der Waals surface area contributed by atoms with Gasteiger partial charge >= 0.3 is 6.18 Å². The Morgan fingerprint density at radius 2 is 1.95 bits per heavy atom. The summed E-state index contributed by atoms with van der Waals surface area (Å²) >= 11 is 0. The van der Waals surface area contributed by atoms with Crippen molar-refractivity contribution in [1.29, 1.82) is 0 Å². The van der Waals surface area contributed by atoms with E-state index < -0.39 is 12.6 Å². The second kappa shape index (κ2) is 6.72. The van der Waals surface area contributed by atoms with Crippen LogP contribution >= 0.6 is 0 Å². The first-order valence-corrected chi connectivity index (χ1v) is 6.89. The Morgan fingerprint density at radius 1 is 1.23 bits per heavy atom. The second-order valence-electron chi connectivity index (χ2n) is 4.86. The summed E-state index contributed by atoms with van der Waals surface area (Å²) in [5.74, 6) is 1.05. The van der Waals surface area contributed by atoms with Crippen LogP contribution in [0.1, 0.15) is 17.7 Å². The summed E-state index contributed by atoms with van der Waals surface area (Å²) in [5.41, 5.74) is 1.80. The van der Waals surface area contributed by atoms with Gasteiger partial charge < -0.3 is 15.1 Å². The Labute approximate surface area is 126 Å². The summed E-state index contributed by atoms with van der Waals surface area (Å²) < 4.78 is 42.1. The zero-order valence-corrected chi connectivity index (χ0v) is 12.4. The average Bonchev–Trinajstić information content (AvgIpc) is 2.78. The Kier molecular flexibility index (Phi) is 4.95. The lowest BCUT2D eigenvalue weighted by molar-refractivity contribution is -0.132. The van der Waals surface area contributed by atoms with Gasteiger partial charge in [-0.2, -0.15) is 13.2 Å². The molecule has 22 heavy (non-hydrogen) atoms. The van der Waals surface area contributed by atoms with E-state index >= 15 is 0 Å². The van der Waals surface area contributed by atoms with E-state index in [1.807, 2.05) is 31.2 Å². The number of furan rings is 1. The minimum atomic E-state index is -4.18. The van der Waals surface area contributed by atoms with Crippen LogP contribution in [0.25, 0.3) is 11.0 Å². The Morgan fingerprint density at radius 3 is 2.59 bits per heavy atom. The van der Waals surface area contributed by atoms with Crippen LogP contribution in [0.5, 0.6) is 0 Å². The van der Waals surface area contributed by atoms with Crippen molar-refractivity contribution in [2.45, 2.75) is 26.1 Å². The predicted molar refractivity (Wildman–Crippen MR) is 79.8 cm³/mol. The highest BCUT2D eigenvalue weighted by molar-refractivity contribution is 5.82. The molecular weight excluding hydrogens is 295 g/mol. The number of rotatable bonds is 4. The molecule has 0 unspecified atom stereocenters. The van der Waals surface area contributed by atoms with Gasteiger partial charge in [0, 0.05) is 24.5 Å². The van der Waals surface area contributed by atoms with Gasteiger partial charge in [-0.25, -0.2) is 0 Å². The summed E-state index contributed by atoms with van der Waals surface area (Å²) in [7, 11) is 1.51. The third-order valence-corrected chi connectivity index (χ3v) is 3.28. The molecule has 0 saturated carbocycles. The lowest BCUT2D eigenvalue weighted by Gasteiger charge is -2.12. The fourth-order valence-electron chi connectivity index (χ4n) is 2.10. The maximum absolute atomic E-state index is 12.1. The molecule has 4 nitrogen and oxygen atoms in total. The van der Waals surface area contributed by atoms with E-state index in [2.05, 4.69) is 15.6 Å². The number of aliphatic imine (C=N–C) groups is 1. The van der Waals surface area contributed by atoms with Gasteiger partial charge in [0.2, 0.25) is 0 Å². The largest absolute Gasteiger partial charge is 0.459 e. The van der Waals surface area contributed by atoms with Crippen molar-refractivity contribution < 1.29 is 17.6 Å². The highest BCUT2D eigenvalue weighted by Crippen LogP contribution is 2.24. The molecule has 7 heteroatoms. The van der Waals surface area contributed by atoms with Crippen LogP contribution in [0, 0.1) is 6.92 Å². The number of halogens is 3. The van der Waals surface area contributed by atoms with Gasteiger partial charge in [0.05, 0.1) is 13.0 Å². The summed E-state index contributed by atoms with van der Waals surface area (Å²) in [5, 5.41) is 6.61. The minimum Gasteiger partial charge on any atom is -0.459 e. The molecule has 0 fully saturated rings. The van der Waals surface area contributed by atoms with Crippen LogP contribution in [-0.4, -0.2) is 25.7 Å². The van der Waals surface area contributed by atoms with Gasteiger partial charge in [0.25, 0.3) is 0 Å². The quantitative estimate of drug-likeness (QED) is 0.672. The molecule has 0 spiro atoms. The van der Waals surface area contributed by atoms with Crippen molar-refractivity contribution in [2.24, 2.45) is 4.99 Å². The van der Waals surface area contributed by atoms with Crippen molar-refractivity contribution in [2.75, 3.05) is 13.6 Å². The van der Waals surface area contributed by atoms with E-state index in [-0.39, 0.29) is 6.54 Å². The van der Waals surface area contributed by atoms with Gasteiger partial charge in [0.15, 0.2) is 5.96 Å². The van der Waals surface area contributed by atoms with Crippen molar-refractivity contribution in [1.82, 2.24) is 10.6 Å². The van der Waals surface area contributed by atoms with E-state index in [0.717, 1.165) is 22.3 Å². The van der Waals surface area contributed by atoms with Crippen molar-refractivity contribution in [3.05, 3.63) is 35.6 Å². The summed E-state index contributed by atoms with van der Waals surface area (Å²) in [6.07, 6.45) is -5.08. The summed E-state index contributed by atoms with van der Waals surface area (Å²) in [6.45, 7) is 2.08. The standard InChI is InChI=1S/C15H18F3N3O/c1-10-11-5-3-4-6-12(11)22-13(10)9-21-14(19-2)20-8-7-15(16,17)18/h3-6H,7-9H2,1-2H3,(H2,19,20,21). The van der Waals surface area contributed by atoms with Gasteiger partial charge in [-0.15, -0.1) is 0 Å². The predicted octanol–water partition coefficient (Wildman–Crippen LogP) is 3.36. The number of alkyl halides is 3. The number of fused-ring (bicyclic) bond motifs is 1. The Bertz CT molecular complexity index is 662. The maximum Gasteiger partial charge on any atom is 0.390 e. The summed E-state index contributed by atoms with van der Waals surface area (Å²) in [4.78, 5) is 3.89. The van der Waals surface area contributed by atoms with Crippen LogP contribution in [-0.2, 0) is 6.54 Å². The normalized spacial score (nSPS) is 12.7. The van der Waals surface area contributed by atoms with Crippen LogP contribution in [0.2, 0.25) is 0 Å². The minimum absolute atomic E-state index is 0.220. The molecule has 0 aliphatic carbocycles. The fourth-order valence-corrected chi connectivity index (χ4v) is 2.10. The molecule has 120 valence electrons. The molecule has 1 aromatic heterocycles. The van der Waals surface area contributed by atoms with Crippen LogP contribution in [0.4, 0.5) is 13.2 Å². The Balaban J connectivity index is 1.94. The zero-order valence-electron chi connectivity index (χ0n) is 12.4. The molecule has 1 aromatic carbocycles. The van der Waals surface area contributed by atoms with Crippen LogP contribution < -0.4 is 10.6 Å². The number of guanidine groups is 1. The second-order valence-corrected chi connectivity index (χ2v) is 4.86. The lowest BCUT2D eigenvalue weighted by Crippen LogP contribution is -2.38. The van der Waals surface area contributed by atoms with E-state index in [1.54, 1.807) is 0 Å². The molecule has 0 aliphatic heterocycles. The average molecular weight is 313 g/mol. The van der Waals surface area contributed by atoms with Gasteiger partial charge in [-0.1, -0.05) is 18.2 Å². The molecule has 2 aromatic rings. The van der Waals surface area contributed by atoms with Gasteiger partial charge in [0.1, 0.15) is 11.3 Å². The third-order valence-electron chi connectivity index (χ3n) is 3.28. The van der Waals surface area contributed by atoms with E-state index in [4.69, 9.17) is 4.42 Å². The van der Waals surface area contributed by atoms with Gasteiger partial charge in [-0.05, 0) is 13.0 Å². The monoisotopic (exact) mass is 313 g/mol. The van der Waals surface area contributed by atoms with Crippen molar-refractivity contribution in [3.63, 3.8) is 0 Å². The smallest absolute Gasteiger partial charge is 0.390 e. The fraction of sp³-hybridized carbons (Fsp3) is 0.400. The summed E-state index contributed by atoms with van der Waals surface area (Å²) in [6, 6.07) is 7.66. The van der Waals surface area contributed by atoms with E-state index in [9.17, 15) is 13.2 Å². The number of hydrogen-bond acceptors (Lipinski definition) is 2. The number of aryl methyl sites for hydroxylation is 1. The molecule has 0 bridgehead atoms. The molecule has 2 N–H and O–H groups in total. The molecule has 0 saturated heterocycles. The molecular formula is C15H18F3N3O. The topological polar surface area (TPSA) is 49.6 Å². The molecule has 0 atom stereocenters. The van der Waals surface area contributed by atoms with Crippen molar-refractivity contribution >= 4 is 16.9 Å². The molecule has 2 rings (SSSR count). The van der Waals surface area contributed by atoms with E-state index in [1.165, 1.54) is 7.05 Å². The Hall–Kier alpha value is -2.18. The zero-order chi connectivity index (χ0) is 16.2. The molecule has 0 radical (unpaired) electrons. The first-order chi connectivity index (χ1) is 10.4. The van der Waals surface area contributed by atoms with Crippen molar-refractivity contribution in [3.8, 4) is 0 Å². The lowest BCUT2D eigenvalue weighted by atomic mass is 10.1. The highest BCUT2D eigenvalue weighted by atomic mass is 19.4. The first-order valence-electron chi connectivity index (χ1n) is 6.89. The maximum atomic E-state index is 12.1. The van der Waals surface area contributed by atoms with Gasteiger partial charge in [-0.3, -0.25) is 4.99 Å². The SMILES string of the molecule is CN=C(NCCC(F)(F)F)NCc1oc2ccccc2c1C. The number of hydrogen-bond donors (Lipinski definition) is 2. The molecule has 0 amide bonds. The number of benzene rings is 1. The molecule has 1 heterocycles. The first kappa shape index (κ1) is 16.2. The number of nitrogens with zero attached hydrogens (tertiary/aromatic N) is 1. The van der Waals surface area contributed by atoms with Crippen LogP contribution in [0.15, 0.2) is 33.7 Å².